The van der Waals surface area contributed by atoms with Crippen molar-refractivity contribution in [2.45, 2.75) is 45.1 Å². The van der Waals surface area contributed by atoms with E-state index < -0.39 is 9.84 Å². The number of nitrogens with one attached hydrogen (secondary N) is 1. The number of unbranched alkanes of at least 4 members (excludes halogenated alkanes) is 1. The predicted molar refractivity (Wildman–Crippen MR) is 76.8 cm³/mol. The van der Waals surface area contributed by atoms with E-state index in [2.05, 4.69) is 12.2 Å². The average molecular weight is 290 g/mol. The summed E-state index contributed by atoms with van der Waals surface area (Å²) in [7, 11) is -1.07. The number of carbonyl (C=O) groups is 1. The Morgan fingerprint density at radius 2 is 2.11 bits per heavy atom. The molecule has 1 aliphatic rings. The van der Waals surface area contributed by atoms with Gasteiger partial charge in [0, 0.05) is 19.0 Å². The molecule has 0 spiro atoms. The van der Waals surface area contributed by atoms with Crippen LogP contribution in [0, 0.1) is 0 Å². The van der Waals surface area contributed by atoms with Crippen LogP contribution < -0.4 is 5.32 Å². The van der Waals surface area contributed by atoms with Crippen molar-refractivity contribution in [2.75, 3.05) is 31.6 Å². The van der Waals surface area contributed by atoms with Crippen LogP contribution in [0.2, 0.25) is 0 Å². The van der Waals surface area contributed by atoms with E-state index in [1.807, 2.05) is 11.9 Å². The second-order valence-corrected chi connectivity index (χ2v) is 7.43. The van der Waals surface area contributed by atoms with E-state index >= 15 is 0 Å². The van der Waals surface area contributed by atoms with Gasteiger partial charge in [0.25, 0.3) is 0 Å². The molecule has 1 N–H and O–H groups in total. The van der Waals surface area contributed by atoms with E-state index in [1.54, 1.807) is 0 Å². The molecular formula is C13H26N2O3S. The Morgan fingerprint density at radius 3 is 2.63 bits per heavy atom. The lowest BCUT2D eigenvalue weighted by Crippen LogP contribution is -2.41. The Morgan fingerprint density at radius 1 is 1.37 bits per heavy atom. The molecule has 0 radical (unpaired) electrons. The van der Waals surface area contributed by atoms with Gasteiger partial charge in [0.2, 0.25) is 5.91 Å². The summed E-state index contributed by atoms with van der Waals surface area (Å²) in [5.41, 5.74) is 0. The monoisotopic (exact) mass is 290 g/mol. The van der Waals surface area contributed by atoms with Gasteiger partial charge >= 0.3 is 0 Å². The zero-order valence-corrected chi connectivity index (χ0v) is 12.8. The Balaban J connectivity index is 2.58. The number of nitrogens with zero attached hydrogens (tertiary/aromatic N) is 1. The Hall–Kier alpha value is -0.620. The van der Waals surface area contributed by atoms with Crippen LogP contribution in [-0.4, -0.2) is 56.9 Å². The first kappa shape index (κ1) is 16.4. The summed E-state index contributed by atoms with van der Waals surface area (Å²) in [6.45, 7) is 3.58. The first-order valence-corrected chi connectivity index (χ1v) is 8.96. The number of hydrogen-bond acceptors (Lipinski definition) is 4. The molecule has 1 saturated heterocycles. The molecule has 5 nitrogen and oxygen atoms in total. The smallest absolute Gasteiger partial charge is 0.222 e. The molecule has 0 aliphatic carbocycles. The summed E-state index contributed by atoms with van der Waals surface area (Å²) >= 11 is 0. The Kier molecular flexibility index (Phi) is 6.79. The average Bonchev–Trinajstić information content (AvgIpc) is 2.70. The molecule has 1 amide bonds. The highest BCUT2D eigenvalue weighted by atomic mass is 32.2. The molecular weight excluding hydrogens is 264 g/mol. The first-order valence-electron chi connectivity index (χ1n) is 7.14. The van der Waals surface area contributed by atoms with Gasteiger partial charge in [0.1, 0.15) is 0 Å². The molecule has 1 rings (SSSR count). The van der Waals surface area contributed by atoms with Crippen LogP contribution in [0.5, 0.6) is 0 Å². The van der Waals surface area contributed by atoms with Crippen LogP contribution in [0.3, 0.4) is 0 Å². The van der Waals surface area contributed by atoms with Crippen LogP contribution in [0.25, 0.3) is 0 Å². The molecule has 1 unspecified atom stereocenters. The van der Waals surface area contributed by atoms with Crippen molar-refractivity contribution in [2.24, 2.45) is 0 Å². The minimum atomic E-state index is -2.93. The molecule has 1 fully saturated rings. The molecule has 1 atom stereocenters. The molecule has 0 aromatic heterocycles. The molecule has 1 heterocycles. The maximum absolute atomic E-state index is 12.2. The Labute approximate surface area is 116 Å². The van der Waals surface area contributed by atoms with E-state index in [9.17, 15) is 13.2 Å². The van der Waals surface area contributed by atoms with Crippen LogP contribution >= 0.6 is 0 Å². The van der Waals surface area contributed by atoms with Gasteiger partial charge in [-0.2, -0.15) is 0 Å². The van der Waals surface area contributed by atoms with Crippen molar-refractivity contribution in [3.8, 4) is 0 Å². The lowest BCUT2D eigenvalue weighted by Gasteiger charge is -2.28. The summed E-state index contributed by atoms with van der Waals surface area (Å²) in [4.78, 5) is 14.0. The molecule has 0 aromatic carbocycles. The second kappa shape index (κ2) is 7.85. The van der Waals surface area contributed by atoms with Crippen LogP contribution in [-0.2, 0) is 14.6 Å². The fourth-order valence-corrected chi connectivity index (χ4v) is 4.15. The number of hydrogen-bond donors (Lipinski definition) is 1. The van der Waals surface area contributed by atoms with Crippen molar-refractivity contribution in [3.63, 3.8) is 0 Å². The zero-order chi connectivity index (χ0) is 14.3. The van der Waals surface area contributed by atoms with Gasteiger partial charge in [-0.1, -0.05) is 13.3 Å². The van der Waals surface area contributed by atoms with Gasteiger partial charge in [-0.15, -0.1) is 0 Å². The maximum atomic E-state index is 12.2. The molecule has 0 aromatic rings. The van der Waals surface area contributed by atoms with Gasteiger partial charge in [-0.25, -0.2) is 8.42 Å². The fraction of sp³-hybridized carbons (Fsp3) is 0.923. The summed E-state index contributed by atoms with van der Waals surface area (Å²) in [5, 5.41) is 3.02. The highest BCUT2D eigenvalue weighted by molar-refractivity contribution is 7.91. The van der Waals surface area contributed by atoms with Crippen LogP contribution in [0.15, 0.2) is 0 Å². The van der Waals surface area contributed by atoms with Gasteiger partial charge in [-0.05, 0) is 32.9 Å². The molecule has 0 bridgehead atoms. The SMILES string of the molecule is CCCCN(C(=O)CCCNC)C1CCS(=O)(=O)C1. The van der Waals surface area contributed by atoms with Crippen molar-refractivity contribution in [1.29, 1.82) is 0 Å². The molecule has 6 heteroatoms. The van der Waals surface area contributed by atoms with E-state index in [-0.39, 0.29) is 23.5 Å². The molecule has 0 saturated carbocycles. The highest BCUT2D eigenvalue weighted by Gasteiger charge is 2.33. The van der Waals surface area contributed by atoms with Gasteiger partial charge in [0.05, 0.1) is 11.5 Å². The topological polar surface area (TPSA) is 66.5 Å². The van der Waals surface area contributed by atoms with E-state index in [1.165, 1.54) is 0 Å². The quantitative estimate of drug-likeness (QED) is 0.672. The van der Waals surface area contributed by atoms with Crippen molar-refractivity contribution in [3.05, 3.63) is 0 Å². The fourth-order valence-electron chi connectivity index (χ4n) is 2.42. The van der Waals surface area contributed by atoms with Gasteiger partial charge in [-0.3, -0.25) is 4.79 Å². The van der Waals surface area contributed by atoms with E-state index in [0.717, 1.165) is 25.8 Å². The summed E-state index contributed by atoms with van der Waals surface area (Å²) in [5.74, 6) is 0.476. The molecule has 1 aliphatic heterocycles. The number of rotatable bonds is 8. The van der Waals surface area contributed by atoms with Crippen LogP contribution in [0.1, 0.15) is 39.0 Å². The van der Waals surface area contributed by atoms with Crippen molar-refractivity contribution >= 4 is 15.7 Å². The van der Waals surface area contributed by atoms with Gasteiger partial charge in [0.15, 0.2) is 9.84 Å². The maximum Gasteiger partial charge on any atom is 0.222 e. The minimum Gasteiger partial charge on any atom is -0.339 e. The normalized spacial score (nSPS) is 21.5. The number of sulfone groups is 1. The molecule has 112 valence electrons. The van der Waals surface area contributed by atoms with Crippen LogP contribution in [0.4, 0.5) is 0 Å². The summed E-state index contributed by atoms with van der Waals surface area (Å²) in [6, 6.07) is -0.0985. The molecule has 19 heavy (non-hydrogen) atoms. The number of carbonyl (C=O) groups excluding carboxylic acids is 1. The lowest BCUT2D eigenvalue weighted by molar-refractivity contribution is -0.133. The van der Waals surface area contributed by atoms with E-state index in [0.29, 0.717) is 19.4 Å². The summed E-state index contributed by atoms with van der Waals surface area (Å²) < 4.78 is 23.1. The van der Waals surface area contributed by atoms with E-state index in [4.69, 9.17) is 0 Å². The van der Waals surface area contributed by atoms with Crippen molar-refractivity contribution in [1.82, 2.24) is 10.2 Å². The Bertz CT molecular complexity index is 381. The predicted octanol–water partition coefficient (Wildman–Crippen LogP) is 0.802. The number of amides is 1. The van der Waals surface area contributed by atoms with Gasteiger partial charge < -0.3 is 10.2 Å². The third-order valence-electron chi connectivity index (χ3n) is 3.54. The third-order valence-corrected chi connectivity index (χ3v) is 5.29. The third kappa shape index (κ3) is 5.48. The minimum absolute atomic E-state index is 0.0985. The first-order chi connectivity index (χ1) is 9.00. The standard InChI is InChI=1S/C13H26N2O3S/c1-3-4-9-15(13(16)6-5-8-14-2)12-7-10-19(17,18)11-12/h12,14H,3-11H2,1-2H3. The second-order valence-electron chi connectivity index (χ2n) is 5.20. The lowest BCUT2D eigenvalue weighted by atomic mass is 10.1. The zero-order valence-electron chi connectivity index (χ0n) is 12.0. The summed E-state index contributed by atoms with van der Waals surface area (Å²) in [6.07, 6.45) is 3.86. The highest BCUT2D eigenvalue weighted by Crippen LogP contribution is 2.19. The van der Waals surface area contributed by atoms with Crippen molar-refractivity contribution < 1.29 is 13.2 Å². The largest absolute Gasteiger partial charge is 0.339 e.